The molecule has 5 nitrogen and oxygen atoms in total. The van der Waals surface area contributed by atoms with E-state index in [1.807, 2.05) is 30.3 Å². The second-order valence-electron chi connectivity index (χ2n) is 4.95. The predicted molar refractivity (Wildman–Crippen MR) is 73.4 cm³/mol. The standard InChI is InChI=1S/C15H14N2O3/c18-14(19)9-17(11-6-7-11)15(20)13-8-5-10-3-1-2-4-12(10)16-13/h1-5,8,11H,6-7,9H2,(H,18,19). The van der Waals surface area contributed by atoms with Gasteiger partial charge in [-0.3, -0.25) is 9.59 Å². The number of pyridine rings is 1. The Balaban J connectivity index is 1.92. The van der Waals surface area contributed by atoms with Gasteiger partial charge in [-0.1, -0.05) is 24.3 Å². The summed E-state index contributed by atoms with van der Waals surface area (Å²) >= 11 is 0. The molecule has 1 amide bonds. The molecule has 0 saturated heterocycles. The summed E-state index contributed by atoms with van der Waals surface area (Å²) in [5.41, 5.74) is 1.04. The fourth-order valence-electron chi connectivity index (χ4n) is 2.23. The van der Waals surface area contributed by atoms with Crippen LogP contribution in [0.3, 0.4) is 0 Å². The zero-order valence-corrected chi connectivity index (χ0v) is 10.8. The van der Waals surface area contributed by atoms with Gasteiger partial charge in [0.25, 0.3) is 5.91 Å². The Kier molecular flexibility index (Phi) is 3.10. The van der Waals surface area contributed by atoms with E-state index < -0.39 is 5.97 Å². The molecule has 0 spiro atoms. The Labute approximate surface area is 115 Å². The summed E-state index contributed by atoms with van der Waals surface area (Å²) < 4.78 is 0. The number of amides is 1. The van der Waals surface area contributed by atoms with E-state index in [0.29, 0.717) is 5.69 Å². The average Bonchev–Trinajstić information content (AvgIpc) is 3.28. The molecule has 0 bridgehead atoms. The molecular weight excluding hydrogens is 256 g/mol. The number of para-hydroxylation sites is 1. The van der Waals surface area contributed by atoms with E-state index in [1.165, 1.54) is 4.90 Å². The number of aliphatic carboxylic acids is 1. The highest BCUT2D eigenvalue weighted by molar-refractivity contribution is 5.96. The number of carbonyl (C=O) groups excluding carboxylic acids is 1. The zero-order valence-electron chi connectivity index (χ0n) is 10.8. The molecule has 1 aliphatic rings. The van der Waals surface area contributed by atoms with E-state index in [2.05, 4.69) is 4.98 Å². The topological polar surface area (TPSA) is 70.5 Å². The van der Waals surface area contributed by atoms with Gasteiger partial charge >= 0.3 is 5.97 Å². The molecule has 0 unspecified atom stereocenters. The largest absolute Gasteiger partial charge is 0.480 e. The number of aromatic nitrogens is 1. The maximum Gasteiger partial charge on any atom is 0.323 e. The number of carboxylic acid groups (broad SMARTS) is 1. The molecule has 1 aromatic carbocycles. The normalized spacial score (nSPS) is 14.2. The first-order valence-electron chi connectivity index (χ1n) is 6.54. The lowest BCUT2D eigenvalue weighted by molar-refractivity contribution is -0.137. The summed E-state index contributed by atoms with van der Waals surface area (Å²) in [6.07, 6.45) is 1.74. The SMILES string of the molecule is O=C(O)CN(C(=O)c1ccc2ccccc2n1)C1CC1. The average molecular weight is 270 g/mol. The quantitative estimate of drug-likeness (QED) is 0.921. The predicted octanol–water partition coefficient (Wildman–Crippen LogP) is 1.92. The highest BCUT2D eigenvalue weighted by Crippen LogP contribution is 2.28. The fraction of sp³-hybridized carbons (Fsp3) is 0.267. The molecule has 2 aromatic rings. The van der Waals surface area contributed by atoms with Gasteiger partial charge in [-0.25, -0.2) is 4.98 Å². The zero-order chi connectivity index (χ0) is 14.1. The maximum atomic E-state index is 12.4. The molecule has 1 N–H and O–H groups in total. The molecule has 1 fully saturated rings. The second-order valence-corrected chi connectivity index (χ2v) is 4.95. The van der Waals surface area contributed by atoms with Crippen LogP contribution in [0.25, 0.3) is 10.9 Å². The third kappa shape index (κ3) is 2.47. The molecule has 20 heavy (non-hydrogen) atoms. The number of carbonyl (C=O) groups is 2. The Morgan fingerprint density at radius 1 is 1.20 bits per heavy atom. The Morgan fingerprint density at radius 3 is 2.65 bits per heavy atom. The van der Waals surface area contributed by atoms with Crippen molar-refractivity contribution in [2.45, 2.75) is 18.9 Å². The van der Waals surface area contributed by atoms with Crippen molar-refractivity contribution in [1.29, 1.82) is 0 Å². The lowest BCUT2D eigenvalue weighted by Gasteiger charge is -2.19. The summed E-state index contributed by atoms with van der Waals surface area (Å²) in [6, 6.07) is 11.1. The summed E-state index contributed by atoms with van der Waals surface area (Å²) in [7, 11) is 0. The van der Waals surface area contributed by atoms with Gasteiger partial charge in [-0.2, -0.15) is 0 Å². The summed E-state index contributed by atoms with van der Waals surface area (Å²) in [5, 5.41) is 9.87. The Hall–Kier alpha value is -2.43. The third-order valence-electron chi connectivity index (χ3n) is 3.37. The monoisotopic (exact) mass is 270 g/mol. The van der Waals surface area contributed by atoms with Crippen molar-refractivity contribution in [1.82, 2.24) is 9.88 Å². The number of benzene rings is 1. The van der Waals surface area contributed by atoms with Gasteiger partial charge in [0, 0.05) is 11.4 Å². The van der Waals surface area contributed by atoms with Crippen molar-refractivity contribution < 1.29 is 14.7 Å². The molecule has 1 heterocycles. The minimum Gasteiger partial charge on any atom is -0.480 e. The van der Waals surface area contributed by atoms with Gasteiger partial charge in [0.05, 0.1) is 5.52 Å². The Morgan fingerprint density at radius 2 is 1.95 bits per heavy atom. The molecular formula is C15H14N2O3. The molecule has 0 aliphatic heterocycles. The molecule has 1 saturated carbocycles. The number of fused-ring (bicyclic) bond motifs is 1. The highest BCUT2D eigenvalue weighted by atomic mass is 16.4. The van der Waals surface area contributed by atoms with Gasteiger partial charge in [-0.15, -0.1) is 0 Å². The molecule has 1 aromatic heterocycles. The van der Waals surface area contributed by atoms with Crippen molar-refractivity contribution >= 4 is 22.8 Å². The minimum atomic E-state index is -0.994. The highest BCUT2D eigenvalue weighted by Gasteiger charge is 2.34. The minimum absolute atomic E-state index is 0.0480. The lowest BCUT2D eigenvalue weighted by Crippen LogP contribution is -2.37. The van der Waals surface area contributed by atoms with Gasteiger partial charge in [0.1, 0.15) is 12.2 Å². The van der Waals surface area contributed by atoms with Gasteiger partial charge in [0.15, 0.2) is 0 Å². The summed E-state index contributed by atoms with van der Waals surface area (Å²) in [4.78, 5) is 29.0. The van der Waals surface area contributed by atoms with E-state index in [0.717, 1.165) is 23.7 Å². The van der Waals surface area contributed by atoms with Crippen molar-refractivity contribution in [2.24, 2.45) is 0 Å². The van der Waals surface area contributed by atoms with E-state index in [4.69, 9.17) is 5.11 Å². The smallest absolute Gasteiger partial charge is 0.323 e. The van der Waals surface area contributed by atoms with Crippen molar-refractivity contribution in [2.75, 3.05) is 6.54 Å². The number of hydrogen-bond acceptors (Lipinski definition) is 3. The molecule has 3 rings (SSSR count). The van der Waals surface area contributed by atoms with Crippen LogP contribution >= 0.6 is 0 Å². The van der Waals surface area contributed by atoms with E-state index in [9.17, 15) is 9.59 Å². The second kappa shape index (κ2) is 4.92. The van der Waals surface area contributed by atoms with E-state index >= 15 is 0 Å². The molecule has 5 heteroatoms. The number of hydrogen-bond donors (Lipinski definition) is 1. The van der Waals surface area contributed by atoms with Crippen LogP contribution in [0, 0.1) is 0 Å². The molecule has 102 valence electrons. The Bertz CT molecular complexity index is 680. The number of rotatable bonds is 4. The number of nitrogens with zero attached hydrogens (tertiary/aromatic N) is 2. The molecule has 0 atom stereocenters. The fourth-order valence-corrected chi connectivity index (χ4v) is 2.23. The van der Waals surface area contributed by atoms with Crippen LogP contribution in [0.1, 0.15) is 23.3 Å². The van der Waals surface area contributed by atoms with Crippen LogP contribution < -0.4 is 0 Å². The summed E-state index contributed by atoms with van der Waals surface area (Å²) in [5.74, 6) is -1.30. The van der Waals surface area contributed by atoms with Crippen LogP contribution in [0.5, 0.6) is 0 Å². The van der Waals surface area contributed by atoms with Gasteiger partial charge < -0.3 is 10.0 Å². The van der Waals surface area contributed by atoms with Crippen LogP contribution in [-0.2, 0) is 4.79 Å². The van der Waals surface area contributed by atoms with Crippen LogP contribution in [-0.4, -0.2) is 39.5 Å². The maximum absolute atomic E-state index is 12.4. The third-order valence-corrected chi connectivity index (χ3v) is 3.37. The number of carboxylic acids is 1. The van der Waals surface area contributed by atoms with Gasteiger partial charge in [-0.05, 0) is 25.0 Å². The van der Waals surface area contributed by atoms with Crippen LogP contribution in [0.4, 0.5) is 0 Å². The first-order valence-corrected chi connectivity index (χ1v) is 6.54. The van der Waals surface area contributed by atoms with Crippen molar-refractivity contribution in [3.8, 4) is 0 Å². The summed E-state index contributed by atoms with van der Waals surface area (Å²) in [6.45, 7) is -0.266. The molecule has 1 aliphatic carbocycles. The first-order chi connectivity index (χ1) is 9.65. The van der Waals surface area contributed by atoms with Crippen LogP contribution in [0.15, 0.2) is 36.4 Å². The first kappa shape index (κ1) is 12.6. The van der Waals surface area contributed by atoms with Crippen LogP contribution in [0.2, 0.25) is 0 Å². The lowest BCUT2D eigenvalue weighted by atomic mass is 10.2. The van der Waals surface area contributed by atoms with Crippen molar-refractivity contribution in [3.05, 3.63) is 42.1 Å². The molecule has 0 radical (unpaired) electrons. The van der Waals surface area contributed by atoms with E-state index in [1.54, 1.807) is 6.07 Å². The van der Waals surface area contributed by atoms with Crippen molar-refractivity contribution in [3.63, 3.8) is 0 Å². The van der Waals surface area contributed by atoms with E-state index in [-0.39, 0.29) is 18.5 Å². The van der Waals surface area contributed by atoms with Gasteiger partial charge in [0.2, 0.25) is 0 Å².